The minimum atomic E-state index is 1.05. The molecule has 0 unspecified atom stereocenters. The lowest BCUT2D eigenvalue weighted by Crippen LogP contribution is -1.98. The van der Waals surface area contributed by atoms with Crippen LogP contribution < -0.4 is 0 Å². The number of imidazole rings is 1. The van der Waals surface area contributed by atoms with Gasteiger partial charge in [0.1, 0.15) is 5.82 Å². The Morgan fingerprint density at radius 1 is 1.27 bits per heavy atom. The van der Waals surface area contributed by atoms with Crippen molar-refractivity contribution >= 4 is 0 Å². The van der Waals surface area contributed by atoms with Gasteiger partial charge in [-0.25, -0.2) is 4.98 Å². The van der Waals surface area contributed by atoms with E-state index in [9.17, 15) is 0 Å². The summed E-state index contributed by atoms with van der Waals surface area (Å²) in [6.45, 7) is 6.38. The van der Waals surface area contributed by atoms with Gasteiger partial charge in [0, 0.05) is 12.7 Å². The van der Waals surface area contributed by atoms with Crippen LogP contribution in [0.2, 0.25) is 0 Å². The molecule has 1 rings (SSSR count). The zero-order chi connectivity index (χ0) is 8.43. The highest BCUT2D eigenvalue weighted by atomic mass is 15.1. The lowest BCUT2D eigenvalue weighted by molar-refractivity contribution is 0.793. The molecule has 0 aliphatic heterocycles. The number of nitrogens with zero attached hydrogens (tertiary/aromatic N) is 2. The summed E-state index contributed by atoms with van der Waals surface area (Å²) in [7, 11) is 2.08. The molecule has 0 bridgehead atoms. The van der Waals surface area contributed by atoms with Crippen LogP contribution in [0.3, 0.4) is 0 Å². The summed E-state index contributed by atoms with van der Waals surface area (Å²) >= 11 is 0. The molecule has 2 heteroatoms. The van der Waals surface area contributed by atoms with Crippen molar-refractivity contribution in [2.75, 3.05) is 0 Å². The van der Waals surface area contributed by atoms with E-state index < -0.39 is 0 Å². The smallest absolute Gasteiger partial charge is 0.105 e. The largest absolute Gasteiger partial charge is 0.335 e. The molecule has 0 atom stereocenters. The van der Waals surface area contributed by atoms with Crippen molar-refractivity contribution in [3.8, 4) is 0 Å². The third-order valence-corrected chi connectivity index (χ3v) is 2.19. The van der Waals surface area contributed by atoms with Crippen LogP contribution in [0.25, 0.3) is 0 Å². The molecule has 0 radical (unpaired) electrons. The monoisotopic (exact) mass is 152 g/mol. The standard InChI is InChI=1S/C9H16N2/c1-5-8-9(6-2)11(4)7(3)10-8/h5-6H2,1-4H3. The fourth-order valence-corrected chi connectivity index (χ4v) is 1.45. The van der Waals surface area contributed by atoms with E-state index in [0.717, 1.165) is 18.7 Å². The highest BCUT2D eigenvalue weighted by Crippen LogP contribution is 2.10. The van der Waals surface area contributed by atoms with Gasteiger partial charge in [-0.3, -0.25) is 0 Å². The van der Waals surface area contributed by atoms with Crippen LogP contribution in [-0.2, 0) is 19.9 Å². The minimum absolute atomic E-state index is 1.05. The molecule has 0 aromatic carbocycles. The van der Waals surface area contributed by atoms with Crippen molar-refractivity contribution in [3.63, 3.8) is 0 Å². The van der Waals surface area contributed by atoms with Crippen molar-refractivity contribution in [1.82, 2.24) is 9.55 Å². The lowest BCUT2D eigenvalue weighted by Gasteiger charge is -2.00. The van der Waals surface area contributed by atoms with Crippen LogP contribution in [0.1, 0.15) is 31.1 Å². The molecular weight excluding hydrogens is 136 g/mol. The van der Waals surface area contributed by atoms with Gasteiger partial charge in [-0.1, -0.05) is 13.8 Å². The predicted octanol–water partition coefficient (Wildman–Crippen LogP) is 1.85. The van der Waals surface area contributed by atoms with E-state index in [-0.39, 0.29) is 0 Å². The van der Waals surface area contributed by atoms with Gasteiger partial charge >= 0.3 is 0 Å². The van der Waals surface area contributed by atoms with Gasteiger partial charge in [-0.05, 0) is 19.8 Å². The number of aromatic nitrogens is 2. The van der Waals surface area contributed by atoms with Crippen LogP contribution in [-0.4, -0.2) is 9.55 Å². The average molecular weight is 152 g/mol. The highest BCUT2D eigenvalue weighted by Gasteiger charge is 2.07. The summed E-state index contributed by atoms with van der Waals surface area (Å²) in [5.41, 5.74) is 2.64. The predicted molar refractivity (Wildman–Crippen MR) is 46.7 cm³/mol. The van der Waals surface area contributed by atoms with Crippen LogP contribution in [0.4, 0.5) is 0 Å². The topological polar surface area (TPSA) is 17.8 Å². The second-order valence-electron chi connectivity index (χ2n) is 2.82. The quantitative estimate of drug-likeness (QED) is 0.632. The fourth-order valence-electron chi connectivity index (χ4n) is 1.45. The molecule has 1 heterocycles. The molecule has 0 N–H and O–H groups in total. The van der Waals surface area contributed by atoms with E-state index in [2.05, 4.69) is 37.4 Å². The first kappa shape index (κ1) is 8.31. The summed E-state index contributed by atoms with van der Waals surface area (Å²) in [6.07, 6.45) is 2.13. The Hall–Kier alpha value is -0.790. The highest BCUT2D eigenvalue weighted by molar-refractivity contribution is 5.16. The Morgan fingerprint density at radius 3 is 2.27 bits per heavy atom. The Kier molecular flexibility index (Phi) is 2.32. The lowest BCUT2D eigenvalue weighted by atomic mass is 10.2. The molecule has 2 nitrogen and oxygen atoms in total. The van der Waals surface area contributed by atoms with Crippen LogP contribution >= 0.6 is 0 Å². The van der Waals surface area contributed by atoms with E-state index in [4.69, 9.17) is 0 Å². The second kappa shape index (κ2) is 3.07. The molecule has 0 saturated carbocycles. The van der Waals surface area contributed by atoms with E-state index in [1.807, 2.05) is 0 Å². The molecule has 0 saturated heterocycles. The van der Waals surface area contributed by atoms with Gasteiger partial charge in [0.05, 0.1) is 5.69 Å². The summed E-state index contributed by atoms with van der Waals surface area (Å²) in [5, 5.41) is 0. The van der Waals surface area contributed by atoms with Gasteiger partial charge in [-0.2, -0.15) is 0 Å². The van der Waals surface area contributed by atoms with Crippen LogP contribution in [0.5, 0.6) is 0 Å². The summed E-state index contributed by atoms with van der Waals surface area (Å²) < 4.78 is 2.18. The van der Waals surface area contributed by atoms with E-state index in [0.29, 0.717) is 0 Å². The van der Waals surface area contributed by atoms with Gasteiger partial charge in [0.25, 0.3) is 0 Å². The van der Waals surface area contributed by atoms with E-state index in [1.54, 1.807) is 0 Å². The second-order valence-corrected chi connectivity index (χ2v) is 2.82. The normalized spacial score (nSPS) is 10.5. The number of rotatable bonds is 2. The van der Waals surface area contributed by atoms with Gasteiger partial charge in [0.2, 0.25) is 0 Å². The minimum Gasteiger partial charge on any atom is -0.335 e. The van der Waals surface area contributed by atoms with Gasteiger partial charge < -0.3 is 4.57 Å². The Bertz CT molecular complexity index is 248. The zero-order valence-corrected chi connectivity index (χ0v) is 7.81. The first-order valence-electron chi connectivity index (χ1n) is 4.21. The molecular formula is C9H16N2. The van der Waals surface area contributed by atoms with Crippen molar-refractivity contribution in [1.29, 1.82) is 0 Å². The maximum atomic E-state index is 4.46. The Labute approximate surface area is 68.3 Å². The third-order valence-electron chi connectivity index (χ3n) is 2.19. The Morgan fingerprint density at radius 2 is 1.91 bits per heavy atom. The van der Waals surface area contributed by atoms with E-state index >= 15 is 0 Å². The van der Waals surface area contributed by atoms with Crippen molar-refractivity contribution in [2.45, 2.75) is 33.6 Å². The van der Waals surface area contributed by atoms with Crippen LogP contribution in [0, 0.1) is 6.92 Å². The van der Waals surface area contributed by atoms with Crippen molar-refractivity contribution in [2.24, 2.45) is 7.05 Å². The maximum Gasteiger partial charge on any atom is 0.105 e. The molecule has 11 heavy (non-hydrogen) atoms. The Balaban J connectivity index is 3.15. The molecule has 0 fully saturated rings. The molecule has 0 aliphatic rings. The average Bonchev–Trinajstić information content (AvgIpc) is 2.28. The van der Waals surface area contributed by atoms with E-state index in [1.165, 1.54) is 11.4 Å². The first-order chi connectivity index (χ1) is 5.20. The number of aryl methyl sites for hydroxylation is 2. The van der Waals surface area contributed by atoms with Crippen molar-refractivity contribution in [3.05, 3.63) is 17.2 Å². The first-order valence-corrected chi connectivity index (χ1v) is 4.21. The molecule has 1 aromatic heterocycles. The summed E-state index contributed by atoms with van der Waals surface area (Å²) in [4.78, 5) is 4.46. The van der Waals surface area contributed by atoms with Crippen LogP contribution in [0.15, 0.2) is 0 Å². The zero-order valence-electron chi connectivity index (χ0n) is 7.81. The fraction of sp³-hybridized carbons (Fsp3) is 0.667. The molecule has 0 aliphatic carbocycles. The van der Waals surface area contributed by atoms with Gasteiger partial charge in [0.15, 0.2) is 0 Å². The molecule has 62 valence electrons. The summed E-state index contributed by atoms with van der Waals surface area (Å²) in [5.74, 6) is 1.12. The number of hydrogen-bond donors (Lipinski definition) is 0. The number of hydrogen-bond acceptors (Lipinski definition) is 1. The molecule has 1 aromatic rings. The molecule has 0 spiro atoms. The maximum absolute atomic E-state index is 4.46. The SMILES string of the molecule is CCc1nc(C)n(C)c1CC. The summed E-state index contributed by atoms with van der Waals surface area (Å²) in [6, 6.07) is 0. The third kappa shape index (κ3) is 1.30. The van der Waals surface area contributed by atoms with Crippen molar-refractivity contribution < 1.29 is 0 Å². The van der Waals surface area contributed by atoms with Gasteiger partial charge in [-0.15, -0.1) is 0 Å². The molecule has 0 amide bonds.